The van der Waals surface area contributed by atoms with Gasteiger partial charge in [0, 0.05) is 31.2 Å². The zero-order valence-electron chi connectivity index (χ0n) is 15.7. The lowest BCUT2D eigenvalue weighted by atomic mass is 9.87. The largest absolute Gasteiger partial charge is 0.314 e. The van der Waals surface area contributed by atoms with Gasteiger partial charge < -0.3 is 5.32 Å². The van der Waals surface area contributed by atoms with E-state index in [0.717, 1.165) is 45.3 Å². The number of carbonyl (C=O) groups excluding carboxylic acids is 1. The molecule has 1 fully saturated rings. The van der Waals surface area contributed by atoms with Crippen LogP contribution in [0.2, 0.25) is 0 Å². The quantitative estimate of drug-likeness (QED) is 0.858. The SMILES string of the molecule is O=C(NN1CCNCC1CCC1=CCCc2ccccc21)c1ccccc1. The van der Waals surface area contributed by atoms with E-state index in [1.807, 2.05) is 30.3 Å². The van der Waals surface area contributed by atoms with E-state index >= 15 is 0 Å². The van der Waals surface area contributed by atoms with Gasteiger partial charge in [-0.2, -0.15) is 0 Å². The van der Waals surface area contributed by atoms with E-state index in [1.165, 1.54) is 16.7 Å². The second kappa shape index (κ2) is 8.51. The molecule has 1 aliphatic heterocycles. The van der Waals surface area contributed by atoms with Crippen LogP contribution < -0.4 is 10.7 Å². The first-order chi connectivity index (χ1) is 13.3. The summed E-state index contributed by atoms with van der Waals surface area (Å²) in [5, 5.41) is 5.60. The number of aryl methyl sites for hydroxylation is 1. The summed E-state index contributed by atoms with van der Waals surface area (Å²) in [5.41, 5.74) is 8.16. The van der Waals surface area contributed by atoms with Crippen molar-refractivity contribution in [2.45, 2.75) is 31.7 Å². The monoisotopic (exact) mass is 361 g/mol. The Morgan fingerprint density at radius 2 is 1.93 bits per heavy atom. The summed E-state index contributed by atoms with van der Waals surface area (Å²) in [5.74, 6) is -0.0234. The molecule has 2 aromatic carbocycles. The number of nitrogens with one attached hydrogen (secondary N) is 2. The summed E-state index contributed by atoms with van der Waals surface area (Å²) in [6, 6.07) is 18.5. The van der Waals surface area contributed by atoms with Gasteiger partial charge in [-0.3, -0.25) is 10.2 Å². The average molecular weight is 361 g/mol. The minimum Gasteiger partial charge on any atom is -0.314 e. The zero-order valence-corrected chi connectivity index (χ0v) is 15.7. The van der Waals surface area contributed by atoms with Gasteiger partial charge in [0.1, 0.15) is 0 Å². The highest BCUT2D eigenvalue weighted by Gasteiger charge is 2.24. The van der Waals surface area contributed by atoms with E-state index in [0.29, 0.717) is 11.6 Å². The molecule has 0 bridgehead atoms. The third-order valence-corrected chi connectivity index (χ3v) is 5.55. The van der Waals surface area contributed by atoms with Crippen molar-refractivity contribution < 1.29 is 4.79 Å². The topological polar surface area (TPSA) is 44.4 Å². The van der Waals surface area contributed by atoms with Gasteiger partial charge in [0.05, 0.1) is 0 Å². The fraction of sp³-hybridized carbons (Fsp3) is 0.348. The molecule has 1 heterocycles. The predicted octanol–water partition coefficient (Wildman–Crippen LogP) is 3.42. The molecule has 2 aromatic rings. The van der Waals surface area contributed by atoms with Crippen LogP contribution in [-0.4, -0.2) is 36.6 Å². The first-order valence-corrected chi connectivity index (χ1v) is 9.92. The molecule has 2 aliphatic rings. The molecule has 4 rings (SSSR count). The molecule has 4 nitrogen and oxygen atoms in total. The Labute approximate surface area is 161 Å². The van der Waals surface area contributed by atoms with Crippen molar-refractivity contribution in [3.05, 3.63) is 77.4 Å². The molecular formula is C23H27N3O. The maximum absolute atomic E-state index is 12.5. The molecule has 0 saturated carbocycles. The molecular weight excluding hydrogens is 334 g/mol. The average Bonchev–Trinajstić information content (AvgIpc) is 2.73. The Hall–Kier alpha value is -2.43. The lowest BCUT2D eigenvalue weighted by Crippen LogP contribution is -2.58. The summed E-state index contributed by atoms with van der Waals surface area (Å²) in [7, 11) is 0. The Balaban J connectivity index is 1.40. The molecule has 4 heteroatoms. The standard InChI is InChI=1S/C23H27N3O/c27-23(20-8-2-1-3-9-20)25-26-16-15-24-17-21(26)14-13-19-11-6-10-18-7-4-5-12-22(18)19/h1-5,7-9,11-12,21,24H,6,10,13-17H2,(H,25,27). The molecule has 0 aromatic heterocycles. The molecule has 1 unspecified atom stereocenters. The summed E-state index contributed by atoms with van der Waals surface area (Å²) in [6.45, 7) is 2.64. The molecule has 1 aliphatic carbocycles. The number of amides is 1. The minimum atomic E-state index is -0.0234. The summed E-state index contributed by atoms with van der Waals surface area (Å²) >= 11 is 0. The van der Waals surface area contributed by atoms with Crippen LogP contribution in [0.3, 0.4) is 0 Å². The first kappa shape index (κ1) is 18.0. The Morgan fingerprint density at radius 3 is 2.81 bits per heavy atom. The molecule has 140 valence electrons. The van der Waals surface area contributed by atoms with Gasteiger partial charge in [-0.25, -0.2) is 5.01 Å². The van der Waals surface area contributed by atoms with E-state index in [9.17, 15) is 4.79 Å². The number of hydrazine groups is 1. The lowest BCUT2D eigenvalue weighted by Gasteiger charge is -2.36. The van der Waals surface area contributed by atoms with Crippen molar-refractivity contribution in [2.75, 3.05) is 19.6 Å². The van der Waals surface area contributed by atoms with E-state index in [1.54, 1.807) is 0 Å². The van der Waals surface area contributed by atoms with E-state index in [4.69, 9.17) is 0 Å². The highest BCUT2D eigenvalue weighted by molar-refractivity contribution is 5.93. The van der Waals surface area contributed by atoms with Gasteiger partial charge in [-0.15, -0.1) is 0 Å². The molecule has 2 N–H and O–H groups in total. The molecule has 1 saturated heterocycles. The Kier molecular flexibility index (Phi) is 5.66. The number of hydrogen-bond acceptors (Lipinski definition) is 3. The molecule has 1 amide bonds. The summed E-state index contributed by atoms with van der Waals surface area (Å²) < 4.78 is 0. The van der Waals surface area contributed by atoms with Crippen molar-refractivity contribution in [3.8, 4) is 0 Å². The second-order valence-corrected chi connectivity index (χ2v) is 7.32. The maximum atomic E-state index is 12.5. The fourth-order valence-electron chi connectivity index (χ4n) is 4.07. The second-order valence-electron chi connectivity index (χ2n) is 7.32. The van der Waals surface area contributed by atoms with Crippen molar-refractivity contribution in [1.82, 2.24) is 15.8 Å². The third-order valence-electron chi connectivity index (χ3n) is 5.55. The molecule has 0 radical (unpaired) electrons. The van der Waals surface area contributed by atoms with Gasteiger partial charge in [0.2, 0.25) is 0 Å². The highest BCUT2D eigenvalue weighted by atomic mass is 16.2. The minimum absolute atomic E-state index is 0.0234. The van der Waals surface area contributed by atoms with Crippen molar-refractivity contribution >= 4 is 11.5 Å². The van der Waals surface area contributed by atoms with Crippen molar-refractivity contribution in [3.63, 3.8) is 0 Å². The third kappa shape index (κ3) is 4.29. The number of rotatable bonds is 5. The van der Waals surface area contributed by atoms with Crippen LogP contribution >= 0.6 is 0 Å². The van der Waals surface area contributed by atoms with Crippen LogP contribution in [0, 0.1) is 0 Å². The number of nitrogens with zero attached hydrogens (tertiary/aromatic N) is 1. The maximum Gasteiger partial charge on any atom is 0.265 e. The normalized spacial score (nSPS) is 19.9. The molecule has 27 heavy (non-hydrogen) atoms. The fourth-order valence-corrected chi connectivity index (χ4v) is 4.07. The number of carbonyl (C=O) groups is 1. The van der Waals surface area contributed by atoms with Gasteiger partial charge in [0.25, 0.3) is 5.91 Å². The van der Waals surface area contributed by atoms with Crippen molar-refractivity contribution in [2.24, 2.45) is 0 Å². The van der Waals surface area contributed by atoms with Gasteiger partial charge in [-0.05, 0) is 54.5 Å². The van der Waals surface area contributed by atoms with Crippen LogP contribution in [0.4, 0.5) is 0 Å². The lowest BCUT2D eigenvalue weighted by molar-refractivity contribution is 0.0599. The van der Waals surface area contributed by atoms with Crippen LogP contribution in [0.1, 0.15) is 40.7 Å². The first-order valence-electron chi connectivity index (χ1n) is 9.92. The number of fused-ring (bicyclic) bond motifs is 1. The molecule has 0 spiro atoms. The van der Waals surface area contributed by atoms with Gasteiger partial charge >= 0.3 is 0 Å². The van der Waals surface area contributed by atoms with E-state index in [-0.39, 0.29) is 5.91 Å². The number of benzene rings is 2. The van der Waals surface area contributed by atoms with Gasteiger partial charge in [0.15, 0.2) is 0 Å². The van der Waals surface area contributed by atoms with E-state index in [2.05, 4.69) is 46.1 Å². The zero-order chi connectivity index (χ0) is 18.5. The Morgan fingerprint density at radius 1 is 1.11 bits per heavy atom. The van der Waals surface area contributed by atoms with Gasteiger partial charge in [-0.1, -0.05) is 48.5 Å². The number of allylic oxidation sites excluding steroid dienone is 2. The predicted molar refractivity (Wildman–Crippen MR) is 109 cm³/mol. The highest BCUT2D eigenvalue weighted by Crippen LogP contribution is 2.30. The van der Waals surface area contributed by atoms with Crippen LogP contribution in [0.15, 0.2) is 60.7 Å². The molecule has 1 atom stereocenters. The van der Waals surface area contributed by atoms with Crippen LogP contribution in [0.25, 0.3) is 5.57 Å². The summed E-state index contributed by atoms with van der Waals surface area (Å²) in [4.78, 5) is 12.5. The van der Waals surface area contributed by atoms with E-state index < -0.39 is 0 Å². The van der Waals surface area contributed by atoms with Crippen molar-refractivity contribution in [1.29, 1.82) is 0 Å². The number of hydrogen-bond donors (Lipinski definition) is 2. The summed E-state index contributed by atoms with van der Waals surface area (Å²) in [6.07, 6.45) is 6.74. The number of piperazine rings is 1. The smallest absolute Gasteiger partial charge is 0.265 e. The van der Waals surface area contributed by atoms with Crippen LogP contribution in [0.5, 0.6) is 0 Å². The Bertz CT molecular complexity index is 815. The van der Waals surface area contributed by atoms with Crippen LogP contribution in [-0.2, 0) is 6.42 Å².